The van der Waals surface area contributed by atoms with Crippen molar-refractivity contribution in [1.82, 2.24) is 69.9 Å². The third-order valence-corrected chi connectivity index (χ3v) is 13.8. The van der Waals surface area contributed by atoms with Crippen LogP contribution in [0.1, 0.15) is 56.8 Å². The number of carboxylic acids is 1. The van der Waals surface area contributed by atoms with Crippen LogP contribution in [0.25, 0.3) is 34.2 Å². The summed E-state index contributed by atoms with van der Waals surface area (Å²) in [6.45, 7) is 0. The predicted molar refractivity (Wildman–Crippen MR) is 366 cm³/mol. The van der Waals surface area contributed by atoms with E-state index in [2.05, 4.69) is 82.8 Å². The molecule has 0 unspecified atom stereocenters. The summed E-state index contributed by atoms with van der Waals surface area (Å²) >= 11 is 11.9. The average molecular weight is 1390 g/mol. The van der Waals surface area contributed by atoms with Crippen molar-refractivity contribution in [3.8, 4) is 51.4 Å². The number of nitrogen functional groups attached to an aromatic ring is 3. The number of halogens is 4. The number of pyridine rings is 3. The molecule has 11 rings (SSSR count). The van der Waals surface area contributed by atoms with Gasteiger partial charge in [-0.15, -0.1) is 12.4 Å². The summed E-state index contributed by atoms with van der Waals surface area (Å²) in [5.74, 6) is 0.960. The number of aryl methyl sites for hydroxylation is 3. The standard InChI is InChI=1S/C21H24N8O3.C17H18ClN7O2.C16H15ClN6O3.C4H7NO.CH3F.CH5N.ClH/c1-23-21(31)16-14(9-15(26-18(16)22)27-20(30)11-7-8-11)25-13-6-4-5-12(17(13)32-3)19-24-10-29(2)28-19;1-20-17(26)13-11(7-12(18)23-15(13)19)22-10-6-4-5-9(14(10)27-3)16-21-8-25(2)24-16;1-23-7-19-15(22-23)8-4-3-5-9(13(8)26-2)20-10-6-11(17)21-14(18)12(10)16(24)25;5-4(6)3-1-2-3;2*1-2;/h4-6,9-11H,7-8H2,1-3H3,(H,23,31)(H4,22,25,26,27,30);4-8H,1-3H3,(H,20,26)(H3,19,22,23);3-7H,1-2H3,(H,24,25)(H3,18,20,21);3H,1-2H2,(H2,5,6);1H3;2H2,1H3;1H. The second-order valence-corrected chi connectivity index (χ2v) is 20.8. The molecule has 9 aromatic rings. The van der Waals surface area contributed by atoms with E-state index in [9.17, 15) is 33.5 Å². The number of amides is 4. The number of carbonyl (C=O) groups is 5. The minimum absolute atomic E-state index is 0. The maximum Gasteiger partial charge on any atom is 0.341 e. The summed E-state index contributed by atoms with van der Waals surface area (Å²) in [6, 6.07) is 20.7. The molecule has 510 valence electrons. The molecule has 0 aliphatic heterocycles. The Hall–Kier alpha value is -11.2. The third kappa shape index (κ3) is 19.2. The van der Waals surface area contributed by atoms with Crippen LogP contribution in [0.15, 0.2) is 91.8 Å². The van der Waals surface area contributed by atoms with Crippen molar-refractivity contribution in [3.05, 3.63) is 119 Å². The molecule has 6 heterocycles. The Balaban J connectivity index is 0.000000243. The molecule has 0 atom stereocenters. The van der Waals surface area contributed by atoms with E-state index in [1.807, 2.05) is 24.3 Å². The van der Waals surface area contributed by atoms with Crippen LogP contribution in [0.4, 0.5) is 61.8 Å². The van der Waals surface area contributed by atoms with E-state index in [4.69, 9.17) is 60.3 Å². The summed E-state index contributed by atoms with van der Waals surface area (Å²) in [5.41, 5.74) is 31.8. The fourth-order valence-corrected chi connectivity index (χ4v) is 9.20. The lowest BCUT2D eigenvalue weighted by molar-refractivity contribution is -0.119. The Morgan fingerprint density at radius 3 is 1.17 bits per heavy atom. The number of nitrogens with two attached hydrogens (primary N) is 5. The number of aromatic carboxylic acids is 1. The zero-order valence-corrected chi connectivity index (χ0v) is 56.0. The number of carbonyl (C=O) groups excluding carboxylic acids is 4. The molecular formula is C60H73Cl3FN23O9. The first kappa shape index (κ1) is 75.6. The number of anilines is 10. The number of alkyl halides is 1. The molecule has 2 aliphatic rings. The highest BCUT2D eigenvalue weighted by atomic mass is 35.5. The minimum Gasteiger partial charge on any atom is -0.494 e. The van der Waals surface area contributed by atoms with Gasteiger partial charge >= 0.3 is 5.97 Å². The average Bonchev–Trinajstić information content (AvgIpc) is 1.12. The number of primary amides is 1. The number of nitrogens with zero attached hydrogens (tertiary/aromatic N) is 12. The van der Waals surface area contributed by atoms with Gasteiger partial charge in [-0.1, -0.05) is 41.4 Å². The van der Waals surface area contributed by atoms with Gasteiger partial charge in [0.2, 0.25) is 11.8 Å². The number of hydrogen-bond acceptors (Lipinski definition) is 24. The Kier molecular flexibility index (Phi) is 27.7. The second-order valence-electron chi connectivity index (χ2n) is 20.0. The molecule has 0 bridgehead atoms. The smallest absolute Gasteiger partial charge is 0.341 e. The van der Waals surface area contributed by atoms with Crippen molar-refractivity contribution in [3.63, 3.8) is 0 Å². The number of para-hydroxylation sites is 3. The molecule has 17 N–H and O–H groups in total. The predicted octanol–water partition coefficient (Wildman–Crippen LogP) is 7.17. The maximum absolute atomic E-state index is 12.5. The fourth-order valence-electron chi connectivity index (χ4n) is 8.80. The van der Waals surface area contributed by atoms with Crippen LogP contribution in [0.3, 0.4) is 0 Å². The molecule has 0 saturated heterocycles. The Bertz CT molecular complexity index is 4200. The van der Waals surface area contributed by atoms with Crippen LogP contribution in [-0.4, -0.2) is 144 Å². The molecule has 4 amide bonds. The largest absolute Gasteiger partial charge is 0.494 e. The lowest BCUT2D eigenvalue weighted by atomic mass is 10.1. The number of aromatic nitrogens is 12. The van der Waals surface area contributed by atoms with Crippen LogP contribution < -0.4 is 74.8 Å². The second kappa shape index (κ2) is 35.2. The van der Waals surface area contributed by atoms with Crippen LogP contribution in [-0.2, 0) is 30.7 Å². The number of benzene rings is 3. The third-order valence-electron chi connectivity index (χ3n) is 13.4. The first-order valence-electron chi connectivity index (χ1n) is 28.4. The normalized spacial score (nSPS) is 11.5. The maximum atomic E-state index is 12.5. The molecule has 96 heavy (non-hydrogen) atoms. The molecule has 3 aromatic carbocycles. The van der Waals surface area contributed by atoms with Gasteiger partial charge in [-0.25, -0.2) is 34.7 Å². The van der Waals surface area contributed by atoms with Crippen molar-refractivity contribution < 1.29 is 47.7 Å². The van der Waals surface area contributed by atoms with Crippen LogP contribution in [0.5, 0.6) is 17.2 Å². The van der Waals surface area contributed by atoms with E-state index in [1.54, 1.807) is 97.7 Å². The molecule has 6 aromatic heterocycles. The highest BCUT2D eigenvalue weighted by molar-refractivity contribution is 6.30. The van der Waals surface area contributed by atoms with Crippen molar-refractivity contribution in [2.75, 3.05) is 88.1 Å². The molecule has 2 aliphatic carbocycles. The lowest BCUT2D eigenvalue weighted by Crippen LogP contribution is -2.22. The molecule has 32 nitrogen and oxygen atoms in total. The SMILES string of the molecule is CF.CN.CNC(=O)c1c(Nc2cccc(-c3ncn(C)n3)c2OC)cc(Cl)nc1N.CNC(=O)c1c(Nc2cccc(-c3ncn(C)n3)c2OC)cc(NC(=O)C2CC2)nc1N.COc1c(Nc2cc(Cl)nc(N)c2C(=O)O)cccc1-c1ncn(C)n1.Cl.NC(=O)C1CC1. The van der Waals surface area contributed by atoms with Crippen molar-refractivity contribution in [1.29, 1.82) is 0 Å². The molecule has 2 saturated carbocycles. The lowest BCUT2D eigenvalue weighted by Gasteiger charge is -2.18. The van der Waals surface area contributed by atoms with Crippen molar-refractivity contribution >= 4 is 123 Å². The van der Waals surface area contributed by atoms with Gasteiger partial charge in [-0.2, -0.15) is 15.3 Å². The summed E-state index contributed by atoms with van der Waals surface area (Å²) < 4.78 is 31.0. The Morgan fingerprint density at radius 2 is 0.875 bits per heavy atom. The van der Waals surface area contributed by atoms with Crippen molar-refractivity contribution in [2.24, 2.45) is 44.4 Å². The quantitative estimate of drug-likeness (QED) is 0.0379. The number of ether oxygens (including phenoxy) is 3. The van der Waals surface area contributed by atoms with Gasteiger partial charge in [0.05, 0.1) is 79.3 Å². The number of nitrogens with one attached hydrogen (secondary N) is 6. The molecule has 0 radical (unpaired) electrons. The summed E-state index contributed by atoms with van der Waals surface area (Å²) in [5, 5.41) is 39.8. The first-order valence-corrected chi connectivity index (χ1v) is 29.2. The van der Waals surface area contributed by atoms with E-state index in [-0.39, 0.29) is 97.9 Å². The van der Waals surface area contributed by atoms with Gasteiger partial charge in [0.25, 0.3) is 11.8 Å². The van der Waals surface area contributed by atoms with Gasteiger partial charge in [0.1, 0.15) is 69.2 Å². The van der Waals surface area contributed by atoms with Gasteiger partial charge in [-0.05, 0) is 75.2 Å². The van der Waals surface area contributed by atoms with E-state index in [0.717, 1.165) is 25.7 Å². The minimum atomic E-state index is -1.23. The first-order chi connectivity index (χ1) is 45.6. The molecule has 36 heteroatoms. The number of rotatable bonds is 18. The topological polar surface area (TPSA) is 466 Å². The molecule has 2 fully saturated rings. The zero-order valence-electron chi connectivity index (χ0n) is 53.7. The highest BCUT2D eigenvalue weighted by Gasteiger charge is 2.31. The van der Waals surface area contributed by atoms with Gasteiger partial charge in [0, 0.05) is 59.2 Å². The van der Waals surface area contributed by atoms with E-state index in [0.29, 0.717) is 87.0 Å². The van der Waals surface area contributed by atoms with Crippen LogP contribution >= 0.6 is 35.6 Å². The number of methoxy groups -OCH3 is 3. The summed E-state index contributed by atoms with van der Waals surface area (Å²) in [7, 11) is 14.9. The van der Waals surface area contributed by atoms with Crippen LogP contribution in [0.2, 0.25) is 10.3 Å². The Morgan fingerprint density at radius 1 is 0.542 bits per heavy atom. The number of hydrogen-bond donors (Lipinski definition) is 12. The molecular weight excluding hydrogens is 1310 g/mol. The number of carboxylic acid groups (broad SMARTS) is 1. The fraction of sp³-hybridized carbons (Fsp3) is 0.267. The Labute approximate surface area is 566 Å². The van der Waals surface area contributed by atoms with Gasteiger partial charge in [0.15, 0.2) is 34.7 Å². The van der Waals surface area contributed by atoms with Crippen molar-refractivity contribution in [2.45, 2.75) is 25.7 Å². The van der Waals surface area contributed by atoms with E-state index < -0.39 is 11.9 Å². The zero-order chi connectivity index (χ0) is 69.8. The van der Waals surface area contributed by atoms with E-state index >= 15 is 0 Å². The monoisotopic (exact) mass is 1380 g/mol. The van der Waals surface area contributed by atoms with E-state index in [1.165, 1.54) is 47.5 Å². The summed E-state index contributed by atoms with van der Waals surface area (Å²) in [4.78, 5) is 83.2. The van der Waals surface area contributed by atoms with Gasteiger partial charge < -0.3 is 79.9 Å². The highest BCUT2D eigenvalue weighted by Crippen LogP contribution is 2.42. The molecule has 0 spiro atoms. The van der Waals surface area contributed by atoms with Gasteiger partial charge in [-0.3, -0.25) is 37.6 Å². The van der Waals surface area contributed by atoms with Crippen LogP contribution in [0, 0.1) is 11.8 Å². The summed E-state index contributed by atoms with van der Waals surface area (Å²) in [6.07, 6.45) is 8.52.